The molecule has 2 aliphatic rings. The molecule has 1 aliphatic carbocycles. The van der Waals surface area contributed by atoms with Gasteiger partial charge in [0.05, 0.1) is 6.17 Å². The number of rotatable bonds is 12. The number of allylic oxidation sites excluding steroid dienone is 2. The van der Waals surface area contributed by atoms with Crippen LogP contribution in [0.25, 0.3) is 5.70 Å². The highest BCUT2D eigenvalue weighted by Gasteiger charge is 2.26. The molecule has 1 atom stereocenters. The van der Waals surface area contributed by atoms with E-state index in [1.807, 2.05) is 32.0 Å². The van der Waals surface area contributed by atoms with Gasteiger partial charge < -0.3 is 21.3 Å². The quantitative estimate of drug-likeness (QED) is 0.273. The molecule has 1 amide bonds. The van der Waals surface area contributed by atoms with Gasteiger partial charge in [0.25, 0.3) is 5.91 Å². The number of para-hydroxylation sites is 1. The summed E-state index contributed by atoms with van der Waals surface area (Å²) in [5.74, 6) is 0.608. The van der Waals surface area contributed by atoms with Crippen LogP contribution in [0.2, 0.25) is 0 Å². The molecule has 4 rings (SSSR count). The first kappa shape index (κ1) is 25.6. The predicted molar refractivity (Wildman–Crippen MR) is 149 cm³/mol. The summed E-state index contributed by atoms with van der Waals surface area (Å²) in [4.78, 5) is 12.4. The van der Waals surface area contributed by atoms with Crippen molar-refractivity contribution < 1.29 is 4.79 Å². The number of anilines is 1. The van der Waals surface area contributed by atoms with Crippen LogP contribution >= 0.6 is 0 Å². The lowest BCUT2D eigenvalue weighted by atomic mass is 10.0. The van der Waals surface area contributed by atoms with Gasteiger partial charge >= 0.3 is 0 Å². The first-order valence-electron chi connectivity index (χ1n) is 13.1. The highest BCUT2D eigenvalue weighted by atomic mass is 16.1. The highest BCUT2D eigenvalue weighted by molar-refractivity contribution is 5.95. The fraction of sp³-hybridized carbons (Fsp3) is 0.367. The molecular formula is C30H39N5O. The molecule has 6 nitrogen and oxygen atoms in total. The number of amides is 1. The third kappa shape index (κ3) is 6.58. The number of carbonyl (C=O) groups is 1. The van der Waals surface area contributed by atoms with Gasteiger partial charge in [0, 0.05) is 53.5 Å². The maximum absolute atomic E-state index is 12.4. The van der Waals surface area contributed by atoms with Crippen LogP contribution in [0.3, 0.4) is 0 Å². The second-order valence-corrected chi connectivity index (χ2v) is 9.59. The van der Waals surface area contributed by atoms with Gasteiger partial charge in [0.2, 0.25) is 0 Å². The normalized spacial score (nSPS) is 16.9. The van der Waals surface area contributed by atoms with Gasteiger partial charge in [-0.05, 0) is 74.4 Å². The third-order valence-corrected chi connectivity index (χ3v) is 6.49. The lowest BCUT2D eigenvalue weighted by molar-refractivity contribution is 0.0955. The topological polar surface area (TPSA) is 77.2 Å². The Morgan fingerprint density at radius 1 is 1.14 bits per heavy atom. The Morgan fingerprint density at radius 3 is 2.69 bits per heavy atom. The number of fused-ring (bicyclic) bond motifs is 1. The average Bonchev–Trinajstić information content (AvgIpc) is 3.72. The minimum Gasteiger partial charge on any atom is -0.388 e. The molecule has 1 fully saturated rings. The first-order valence-corrected chi connectivity index (χ1v) is 13.1. The summed E-state index contributed by atoms with van der Waals surface area (Å²) in [5, 5.41) is 17.2. The summed E-state index contributed by atoms with van der Waals surface area (Å²) in [7, 11) is 0. The number of hydrogen-bond donors (Lipinski definition) is 5. The van der Waals surface area contributed by atoms with Crippen LogP contribution in [0.1, 0.15) is 60.2 Å². The van der Waals surface area contributed by atoms with Crippen LogP contribution in [-0.4, -0.2) is 25.2 Å². The zero-order valence-electron chi connectivity index (χ0n) is 21.7. The monoisotopic (exact) mass is 485 g/mol. The molecule has 6 heteroatoms. The third-order valence-electron chi connectivity index (χ3n) is 6.49. The molecule has 190 valence electrons. The molecule has 1 saturated carbocycles. The Labute approximate surface area is 215 Å². The lowest BCUT2D eigenvalue weighted by Gasteiger charge is -2.28. The van der Waals surface area contributed by atoms with Crippen molar-refractivity contribution in [1.29, 1.82) is 0 Å². The molecule has 1 heterocycles. The molecule has 0 radical (unpaired) electrons. The van der Waals surface area contributed by atoms with Crippen LogP contribution in [0.15, 0.2) is 72.6 Å². The predicted octanol–water partition coefficient (Wildman–Crippen LogP) is 5.02. The molecule has 0 aromatic heterocycles. The van der Waals surface area contributed by atoms with Crippen molar-refractivity contribution in [2.45, 2.75) is 52.7 Å². The minimum absolute atomic E-state index is 0.0292. The van der Waals surface area contributed by atoms with Crippen molar-refractivity contribution in [1.82, 2.24) is 21.3 Å². The Hall–Kier alpha value is -3.51. The summed E-state index contributed by atoms with van der Waals surface area (Å²) >= 11 is 0. The summed E-state index contributed by atoms with van der Waals surface area (Å²) in [6.07, 6.45) is 7.85. The zero-order chi connectivity index (χ0) is 25.5. The van der Waals surface area contributed by atoms with Crippen LogP contribution in [-0.2, 0) is 6.54 Å². The van der Waals surface area contributed by atoms with Gasteiger partial charge in [-0.2, -0.15) is 0 Å². The zero-order valence-corrected chi connectivity index (χ0v) is 21.7. The maximum atomic E-state index is 12.4. The van der Waals surface area contributed by atoms with E-state index in [-0.39, 0.29) is 12.1 Å². The molecule has 36 heavy (non-hydrogen) atoms. The van der Waals surface area contributed by atoms with E-state index in [4.69, 9.17) is 0 Å². The van der Waals surface area contributed by atoms with Crippen LogP contribution in [0, 0.1) is 12.8 Å². The molecule has 5 N–H and O–H groups in total. The molecule has 1 unspecified atom stereocenters. The van der Waals surface area contributed by atoms with Crippen LogP contribution in [0.5, 0.6) is 0 Å². The van der Waals surface area contributed by atoms with E-state index in [9.17, 15) is 4.79 Å². The summed E-state index contributed by atoms with van der Waals surface area (Å²) in [6, 6.07) is 14.4. The summed E-state index contributed by atoms with van der Waals surface area (Å²) in [6.45, 7) is 12.6. The smallest absolute Gasteiger partial charge is 0.251 e. The molecule has 2 aromatic carbocycles. The number of carbonyl (C=O) groups excluding carboxylic acids is 1. The maximum Gasteiger partial charge on any atom is 0.251 e. The van der Waals surface area contributed by atoms with Crippen LogP contribution in [0.4, 0.5) is 5.69 Å². The van der Waals surface area contributed by atoms with Gasteiger partial charge in [-0.1, -0.05) is 43.8 Å². The van der Waals surface area contributed by atoms with E-state index in [0.717, 1.165) is 52.3 Å². The van der Waals surface area contributed by atoms with Gasteiger partial charge in [0.15, 0.2) is 0 Å². The Morgan fingerprint density at radius 2 is 1.94 bits per heavy atom. The Bertz CT molecular complexity index is 1160. The van der Waals surface area contributed by atoms with Gasteiger partial charge in [-0.3, -0.25) is 10.1 Å². The standard InChI is InChI=1S/C30H39N5O/c1-5-15-32-27(23-13-14-23)16-21(4)34-28-18-29(35-26-10-8-7-9-24(26)28)33-19-22-12-11-20(3)25(17-22)30(36)31-6-2/h7-12,16-18,23,29,32-35H,4-6,13-15,19H2,1-3H3,(H,31,36)/b27-16-. The number of nitrogens with one attached hydrogen (secondary N) is 5. The second kappa shape index (κ2) is 12.0. The van der Waals surface area contributed by atoms with E-state index in [1.54, 1.807) is 0 Å². The highest BCUT2D eigenvalue weighted by Crippen LogP contribution is 2.35. The van der Waals surface area contributed by atoms with E-state index in [2.05, 4.69) is 76.5 Å². The van der Waals surface area contributed by atoms with E-state index in [0.29, 0.717) is 19.0 Å². The summed E-state index contributed by atoms with van der Waals surface area (Å²) < 4.78 is 0. The van der Waals surface area contributed by atoms with Crippen LogP contribution < -0.4 is 26.6 Å². The SMILES string of the molecule is C=C(/C=C(\NCCC)C1CC1)NC1=CC(NCc2ccc(C)c(C(=O)NCC)c2)Nc2ccccc21. The fourth-order valence-electron chi connectivity index (χ4n) is 4.41. The molecule has 0 saturated heterocycles. The van der Waals surface area contributed by atoms with E-state index < -0.39 is 0 Å². The molecule has 0 spiro atoms. The first-order chi connectivity index (χ1) is 17.5. The van der Waals surface area contributed by atoms with Gasteiger partial charge in [-0.25, -0.2) is 0 Å². The number of aryl methyl sites for hydroxylation is 1. The van der Waals surface area contributed by atoms with E-state index in [1.165, 1.54) is 18.5 Å². The van der Waals surface area contributed by atoms with Crippen molar-refractivity contribution in [3.05, 3.63) is 94.8 Å². The van der Waals surface area contributed by atoms with Crippen molar-refractivity contribution in [3.63, 3.8) is 0 Å². The van der Waals surface area contributed by atoms with Crippen molar-refractivity contribution in [2.75, 3.05) is 18.4 Å². The second-order valence-electron chi connectivity index (χ2n) is 9.59. The Balaban J connectivity index is 1.48. The molecule has 2 aromatic rings. The fourth-order valence-corrected chi connectivity index (χ4v) is 4.41. The number of hydrogen-bond acceptors (Lipinski definition) is 5. The van der Waals surface area contributed by atoms with Gasteiger partial charge in [0.1, 0.15) is 0 Å². The minimum atomic E-state index is -0.0745. The lowest BCUT2D eigenvalue weighted by Crippen LogP contribution is -2.37. The Kier molecular flexibility index (Phi) is 8.49. The van der Waals surface area contributed by atoms with Crippen molar-refractivity contribution >= 4 is 17.3 Å². The largest absolute Gasteiger partial charge is 0.388 e. The number of benzene rings is 2. The van der Waals surface area contributed by atoms with E-state index >= 15 is 0 Å². The average molecular weight is 486 g/mol. The van der Waals surface area contributed by atoms with Crippen molar-refractivity contribution in [2.24, 2.45) is 5.92 Å². The summed E-state index contributed by atoms with van der Waals surface area (Å²) in [5.41, 5.74) is 8.15. The molecular weight excluding hydrogens is 446 g/mol. The van der Waals surface area contributed by atoms with Crippen molar-refractivity contribution in [3.8, 4) is 0 Å². The van der Waals surface area contributed by atoms with Gasteiger partial charge in [-0.15, -0.1) is 0 Å². The molecule has 0 bridgehead atoms. The molecule has 1 aliphatic heterocycles.